The van der Waals surface area contributed by atoms with E-state index in [1.54, 1.807) is 0 Å². The van der Waals surface area contributed by atoms with Crippen LogP contribution in [0.4, 0.5) is 10.5 Å². The number of nitrogens with zero attached hydrogens (tertiary/aromatic N) is 3. The van der Waals surface area contributed by atoms with Crippen molar-refractivity contribution in [1.29, 1.82) is 0 Å². The van der Waals surface area contributed by atoms with Gasteiger partial charge >= 0.3 is 6.03 Å². The Bertz CT molecular complexity index is 991. The lowest BCUT2D eigenvalue weighted by Gasteiger charge is -2.30. The summed E-state index contributed by atoms with van der Waals surface area (Å²) in [4.78, 5) is 15.3. The quantitative estimate of drug-likeness (QED) is 0.621. The number of amides is 2. The lowest BCUT2D eigenvalue weighted by molar-refractivity contribution is 0.181. The van der Waals surface area contributed by atoms with Gasteiger partial charge in [-0.25, -0.2) is 9.48 Å². The number of carbonyl (C=O) groups excluding carboxylic acids is 1. The minimum absolute atomic E-state index is 0.0674. The van der Waals surface area contributed by atoms with Gasteiger partial charge in [0, 0.05) is 18.3 Å². The summed E-state index contributed by atoms with van der Waals surface area (Å²) >= 11 is 0. The number of rotatable bonds is 6. The molecule has 1 aromatic heterocycles. The Kier molecular flexibility index (Phi) is 5.38. The highest BCUT2D eigenvalue weighted by Crippen LogP contribution is 2.36. The van der Waals surface area contributed by atoms with Crippen molar-refractivity contribution < 1.29 is 4.79 Å². The molecule has 1 saturated carbocycles. The fourth-order valence-corrected chi connectivity index (χ4v) is 3.84. The van der Waals surface area contributed by atoms with Crippen LogP contribution in [-0.2, 0) is 6.54 Å². The van der Waals surface area contributed by atoms with Crippen molar-refractivity contribution in [2.45, 2.75) is 46.2 Å². The summed E-state index contributed by atoms with van der Waals surface area (Å²) in [5.74, 6) is 0.593. The van der Waals surface area contributed by atoms with E-state index in [4.69, 9.17) is 0 Å². The van der Waals surface area contributed by atoms with Crippen LogP contribution in [0.2, 0.25) is 0 Å². The molecule has 0 aliphatic heterocycles. The van der Waals surface area contributed by atoms with Crippen molar-refractivity contribution in [3.05, 3.63) is 77.6 Å². The molecule has 0 bridgehead atoms. The number of benzene rings is 2. The number of nitrogens with one attached hydrogen (secondary N) is 1. The molecule has 1 unspecified atom stereocenters. The standard InChI is InChI=1S/C24H28N4O/c1-17-15-18(2)28(26-17)23-12-8-7-11-22(23)25-24(29)27(19(3)21-13-14-21)16-20-9-5-4-6-10-20/h4-12,15,19,21H,13-14,16H2,1-3H3,(H,25,29). The average molecular weight is 389 g/mol. The second kappa shape index (κ2) is 8.11. The third-order valence-corrected chi connectivity index (χ3v) is 5.64. The summed E-state index contributed by atoms with van der Waals surface area (Å²) in [5, 5.41) is 7.74. The number of hydrogen-bond acceptors (Lipinski definition) is 2. The second-order valence-electron chi connectivity index (χ2n) is 7.98. The monoisotopic (exact) mass is 388 g/mol. The molecular weight excluding hydrogens is 360 g/mol. The van der Waals surface area contributed by atoms with Gasteiger partial charge in [0.25, 0.3) is 0 Å². The third-order valence-electron chi connectivity index (χ3n) is 5.64. The van der Waals surface area contributed by atoms with Crippen LogP contribution >= 0.6 is 0 Å². The first-order valence-electron chi connectivity index (χ1n) is 10.3. The molecule has 1 aliphatic carbocycles. The lowest BCUT2D eigenvalue weighted by atomic mass is 10.1. The Balaban J connectivity index is 1.60. The normalized spacial score (nSPS) is 14.4. The summed E-state index contributed by atoms with van der Waals surface area (Å²) in [6.07, 6.45) is 2.39. The van der Waals surface area contributed by atoms with Crippen molar-refractivity contribution in [3.63, 3.8) is 0 Å². The molecule has 1 N–H and O–H groups in total. The Labute approximate surface area is 172 Å². The van der Waals surface area contributed by atoms with Gasteiger partial charge in [0.1, 0.15) is 0 Å². The first kappa shape index (κ1) is 19.2. The maximum Gasteiger partial charge on any atom is 0.322 e. The highest BCUT2D eigenvalue weighted by Gasteiger charge is 2.34. The molecule has 4 rings (SSSR count). The van der Waals surface area contributed by atoms with Crippen LogP contribution in [0.25, 0.3) is 5.69 Å². The molecule has 29 heavy (non-hydrogen) atoms. The first-order valence-corrected chi connectivity index (χ1v) is 10.3. The summed E-state index contributed by atoms with van der Waals surface area (Å²) in [6, 6.07) is 20.2. The van der Waals surface area contributed by atoms with Gasteiger partial charge in [0.05, 0.1) is 17.1 Å². The summed E-state index contributed by atoms with van der Waals surface area (Å²) < 4.78 is 1.89. The molecule has 0 spiro atoms. The molecule has 0 saturated heterocycles. The van der Waals surface area contributed by atoms with Crippen LogP contribution in [0.3, 0.4) is 0 Å². The topological polar surface area (TPSA) is 50.2 Å². The fraction of sp³-hybridized carbons (Fsp3) is 0.333. The van der Waals surface area contributed by atoms with Gasteiger partial charge in [-0.2, -0.15) is 5.10 Å². The molecule has 1 atom stereocenters. The molecule has 1 aliphatic rings. The Morgan fingerprint density at radius 3 is 2.48 bits per heavy atom. The van der Waals surface area contributed by atoms with Gasteiger partial charge in [0.2, 0.25) is 0 Å². The number of para-hydroxylation sites is 2. The first-order chi connectivity index (χ1) is 14.0. The van der Waals surface area contributed by atoms with Crippen LogP contribution < -0.4 is 5.32 Å². The van der Waals surface area contributed by atoms with Crippen LogP contribution in [0, 0.1) is 19.8 Å². The Morgan fingerprint density at radius 2 is 1.83 bits per heavy atom. The molecule has 2 aromatic carbocycles. The van der Waals surface area contributed by atoms with Gasteiger partial charge in [-0.15, -0.1) is 0 Å². The van der Waals surface area contributed by atoms with E-state index in [2.05, 4.69) is 29.5 Å². The number of aryl methyl sites for hydroxylation is 2. The SMILES string of the molecule is Cc1cc(C)n(-c2ccccc2NC(=O)N(Cc2ccccc2)C(C)C2CC2)n1. The number of carbonyl (C=O) groups is 1. The highest BCUT2D eigenvalue weighted by atomic mass is 16.2. The number of urea groups is 1. The van der Waals surface area contributed by atoms with Gasteiger partial charge in [-0.05, 0) is 63.3 Å². The Hall–Kier alpha value is -3.08. The molecule has 150 valence electrons. The maximum absolute atomic E-state index is 13.3. The zero-order chi connectivity index (χ0) is 20.4. The zero-order valence-corrected chi connectivity index (χ0v) is 17.3. The van der Waals surface area contributed by atoms with E-state index in [1.165, 1.54) is 12.8 Å². The zero-order valence-electron chi connectivity index (χ0n) is 17.3. The molecule has 0 radical (unpaired) electrons. The summed E-state index contributed by atoms with van der Waals surface area (Å²) in [5.41, 5.74) is 4.78. The van der Waals surface area contributed by atoms with E-state index >= 15 is 0 Å². The van der Waals surface area contributed by atoms with Crippen LogP contribution in [0.1, 0.15) is 36.7 Å². The van der Waals surface area contributed by atoms with E-state index in [0.29, 0.717) is 12.5 Å². The second-order valence-corrected chi connectivity index (χ2v) is 7.98. The smallest absolute Gasteiger partial charge is 0.317 e. The van der Waals surface area contributed by atoms with E-state index < -0.39 is 0 Å². The summed E-state index contributed by atoms with van der Waals surface area (Å²) in [7, 11) is 0. The van der Waals surface area contributed by atoms with E-state index in [1.807, 2.05) is 72.0 Å². The van der Waals surface area contributed by atoms with Crippen LogP contribution in [0.15, 0.2) is 60.7 Å². The van der Waals surface area contributed by atoms with Crippen molar-refractivity contribution in [3.8, 4) is 5.69 Å². The molecule has 5 heteroatoms. The maximum atomic E-state index is 13.3. The molecule has 5 nitrogen and oxygen atoms in total. The molecule has 1 heterocycles. The minimum Gasteiger partial charge on any atom is -0.317 e. The molecule has 2 amide bonds. The molecular formula is C24H28N4O. The third kappa shape index (κ3) is 4.34. The Morgan fingerprint density at radius 1 is 1.14 bits per heavy atom. The van der Waals surface area contributed by atoms with Crippen molar-refractivity contribution >= 4 is 11.7 Å². The fourth-order valence-electron chi connectivity index (χ4n) is 3.84. The van der Waals surface area contributed by atoms with Crippen LogP contribution in [-0.4, -0.2) is 26.8 Å². The largest absolute Gasteiger partial charge is 0.322 e. The van der Waals surface area contributed by atoms with Gasteiger partial charge in [0.15, 0.2) is 0 Å². The average Bonchev–Trinajstić information content (AvgIpc) is 3.51. The van der Waals surface area contributed by atoms with E-state index in [9.17, 15) is 4.79 Å². The van der Waals surface area contributed by atoms with Crippen LogP contribution in [0.5, 0.6) is 0 Å². The number of aromatic nitrogens is 2. The predicted octanol–water partition coefficient (Wildman–Crippen LogP) is 5.32. The molecule has 3 aromatic rings. The highest BCUT2D eigenvalue weighted by molar-refractivity contribution is 5.91. The number of hydrogen-bond donors (Lipinski definition) is 1. The number of anilines is 1. The molecule has 1 fully saturated rings. The van der Waals surface area contributed by atoms with Crippen molar-refractivity contribution in [1.82, 2.24) is 14.7 Å². The minimum atomic E-state index is -0.0674. The van der Waals surface area contributed by atoms with Gasteiger partial charge in [-0.3, -0.25) is 0 Å². The van der Waals surface area contributed by atoms with Crippen molar-refractivity contribution in [2.75, 3.05) is 5.32 Å². The van der Waals surface area contributed by atoms with Crippen molar-refractivity contribution in [2.24, 2.45) is 5.92 Å². The van der Waals surface area contributed by atoms with E-state index in [-0.39, 0.29) is 12.1 Å². The van der Waals surface area contributed by atoms with Gasteiger partial charge < -0.3 is 10.2 Å². The lowest BCUT2D eigenvalue weighted by Crippen LogP contribution is -2.42. The predicted molar refractivity (Wildman–Crippen MR) is 116 cm³/mol. The van der Waals surface area contributed by atoms with Gasteiger partial charge in [-0.1, -0.05) is 42.5 Å². The summed E-state index contributed by atoms with van der Waals surface area (Å²) in [6.45, 7) is 6.76. The van der Waals surface area contributed by atoms with E-state index in [0.717, 1.165) is 28.3 Å².